The summed E-state index contributed by atoms with van der Waals surface area (Å²) in [6.45, 7) is 9.40. The number of benzene rings is 2. The molecule has 0 spiro atoms. The van der Waals surface area contributed by atoms with Gasteiger partial charge in [-0.25, -0.2) is 4.57 Å². The highest BCUT2D eigenvalue weighted by Crippen LogP contribution is 2.26. The second kappa shape index (κ2) is 8.95. The molecule has 4 aromatic rings. The minimum Gasteiger partial charge on any atom is -0.337 e. The van der Waals surface area contributed by atoms with Gasteiger partial charge in [0.2, 0.25) is 11.7 Å². The molecular formula is C25H26N6O2S. The van der Waals surface area contributed by atoms with Crippen molar-refractivity contribution in [3.63, 3.8) is 0 Å². The van der Waals surface area contributed by atoms with Gasteiger partial charge in [0.1, 0.15) is 5.54 Å². The molecule has 2 heterocycles. The van der Waals surface area contributed by atoms with Crippen molar-refractivity contribution in [2.75, 3.05) is 5.75 Å². The quantitative estimate of drug-likeness (QED) is 0.426. The lowest BCUT2D eigenvalue weighted by atomic mass is 9.90. The van der Waals surface area contributed by atoms with Gasteiger partial charge < -0.3 is 5.32 Å². The van der Waals surface area contributed by atoms with E-state index < -0.39 is 5.54 Å². The zero-order valence-electron chi connectivity index (χ0n) is 19.8. The van der Waals surface area contributed by atoms with E-state index in [2.05, 4.69) is 21.6 Å². The van der Waals surface area contributed by atoms with E-state index in [-0.39, 0.29) is 23.1 Å². The molecule has 1 amide bonds. The summed E-state index contributed by atoms with van der Waals surface area (Å²) in [7, 11) is 0. The van der Waals surface area contributed by atoms with Crippen LogP contribution in [0.1, 0.15) is 31.9 Å². The van der Waals surface area contributed by atoms with Crippen molar-refractivity contribution < 1.29 is 4.79 Å². The maximum absolute atomic E-state index is 13.6. The normalized spacial score (nSPS) is 13.2. The molecule has 1 N–H and O–H groups in total. The van der Waals surface area contributed by atoms with Crippen molar-refractivity contribution in [3.05, 3.63) is 63.9 Å². The van der Waals surface area contributed by atoms with E-state index >= 15 is 0 Å². The smallest absolute Gasteiger partial charge is 0.267 e. The Hall–Kier alpha value is -3.64. The first kappa shape index (κ1) is 23.5. The van der Waals surface area contributed by atoms with Crippen LogP contribution < -0.4 is 10.9 Å². The lowest BCUT2D eigenvalue weighted by molar-refractivity contribution is -0.120. The Bertz CT molecular complexity index is 1490. The highest BCUT2D eigenvalue weighted by molar-refractivity contribution is 7.99. The third-order valence-electron chi connectivity index (χ3n) is 6.18. The lowest BCUT2D eigenvalue weighted by Gasteiger charge is -2.27. The molecule has 4 rings (SSSR count). The van der Waals surface area contributed by atoms with Gasteiger partial charge in [0.25, 0.3) is 5.56 Å². The van der Waals surface area contributed by atoms with E-state index in [1.165, 1.54) is 11.8 Å². The van der Waals surface area contributed by atoms with Gasteiger partial charge in [-0.1, -0.05) is 55.9 Å². The number of amides is 1. The Morgan fingerprint density at radius 3 is 2.47 bits per heavy atom. The van der Waals surface area contributed by atoms with Gasteiger partial charge in [-0.15, -0.1) is 10.2 Å². The summed E-state index contributed by atoms with van der Waals surface area (Å²) in [5, 5.41) is 22.0. The number of carbonyl (C=O) groups excluding carboxylic acids is 1. The molecule has 0 bridgehead atoms. The van der Waals surface area contributed by atoms with Crippen LogP contribution in [0.15, 0.2) is 52.4 Å². The van der Waals surface area contributed by atoms with Crippen molar-refractivity contribution in [2.45, 2.75) is 45.3 Å². The Morgan fingerprint density at radius 2 is 1.82 bits per heavy atom. The number of hydrogen-bond acceptors (Lipinski definition) is 6. The van der Waals surface area contributed by atoms with Gasteiger partial charge in [0.15, 0.2) is 5.16 Å². The van der Waals surface area contributed by atoms with Crippen LogP contribution in [0.25, 0.3) is 22.4 Å². The largest absolute Gasteiger partial charge is 0.337 e. The second-order valence-electron chi connectivity index (χ2n) is 8.82. The first-order valence-corrected chi connectivity index (χ1v) is 12.0. The number of para-hydroxylation sites is 2. The maximum atomic E-state index is 13.6. The van der Waals surface area contributed by atoms with E-state index in [1.54, 1.807) is 17.6 Å². The topological polar surface area (TPSA) is 105 Å². The molecule has 0 unspecified atom stereocenters. The average Bonchev–Trinajstić information content (AvgIpc) is 3.23. The van der Waals surface area contributed by atoms with Crippen LogP contribution in [0.2, 0.25) is 0 Å². The van der Waals surface area contributed by atoms with Gasteiger partial charge in [0.05, 0.1) is 28.4 Å². The van der Waals surface area contributed by atoms with Crippen LogP contribution in [-0.2, 0) is 4.79 Å². The number of hydrogen-bond donors (Lipinski definition) is 1. The average molecular weight is 475 g/mol. The SMILES string of the molecule is Cc1cccc(C)c1-n1c(=O)c2ccccc2n2c(SCC(=O)N[C@](C)(C#N)C(C)C)nnc12. The number of nitrogens with zero attached hydrogens (tertiary/aromatic N) is 5. The third-order valence-corrected chi connectivity index (χ3v) is 7.11. The minimum atomic E-state index is -0.958. The van der Waals surface area contributed by atoms with E-state index in [0.29, 0.717) is 21.8 Å². The van der Waals surface area contributed by atoms with E-state index in [9.17, 15) is 14.9 Å². The molecular weight excluding hydrogens is 448 g/mol. The maximum Gasteiger partial charge on any atom is 0.267 e. The standard InChI is InChI=1S/C25H26N6O2S/c1-15(2)25(5,14-26)27-20(32)13-34-24-29-28-23-30(24)19-12-7-6-11-18(19)22(33)31(23)21-16(3)9-8-10-17(21)4/h6-12,15H,13H2,1-5H3,(H,27,32)/t25-/m1/s1. The summed E-state index contributed by atoms with van der Waals surface area (Å²) in [6.07, 6.45) is 0. The van der Waals surface area contributed by atoms with Crippen LogP contribution in [0, 0.1) is 31.1 Å². The molecule has 2 aromatic heterocycles. The molecule has 0 fully saturated rings. The van der Waals surface area contributed by atoms with Gasteiger partial charge in [-0.2, -0.15) is 5.26 Å². The molecule has 0 aliphatic carbocycles. The molecule has 1 atom stereocenters. The lowest BCUT2D eigenvalue weighted by Crippen LogP contribution is -2.49. The van der Waals surface area contributed by atoms with E-state index in [4.69, 9.17) is 0 Å². The summed E-state index contributed by atoms with van der Waals surface area (Å²) in [5.41, 5.74) is 2.19. The number of rotatable bonds is 6. The molecule has 0 aliphatic rings. The second-order valence-corrected chi connectivity index (χ2v) is 9.76. The summed E-state index contributed by atoms with van der Waals surface area (Å²) in [4.78, 5) is 26.2. The van der Waals surface area contributed by atoms with E-state index in [1.807, 2.05) is 68.5 Å². The summed E-state index contributed by atoms with van der Waals surface area (Å²) in [5.74, 6) is 0.123. The van der Waals surface area contributed by atoms with Crippen LogP contribution in [0.4, 0.5) is 0 Å². The van der Waals surface area contributed by atoms with Crippen molar-refractivity contribution in [3.8, 4) is 11.8 Å². The minimum absolute atomic E-state index is 0.0453. The Morgan fingerprint density at radius 1 is 1.15 bits per heavy atom. The molecule has 9 heteroatoms. The summed E-state index contributed by atoms with van der Waals surface area (Å²) >= 11 is 1.21. The van der Waals surface area contributed by atoms with Gasteiger partial charge >= 0.3 is 0 Å². The summed E-state index contributed by atoms with van der Waals surface area (Å²) in [6, 6.07) is 15.4. The number of nitrogens with one attached hydrogen (secondary N) is 1. The molecule has 0 radical (unpaired) electrons. The number of aromatic nitrogens is 4. The van der Waals surface area contributed by atoms with Gasteiger partial charge in [0, 0.05) is 0 Å². The van der Waals surface area contributed by atoms with Gasteiger partial charge in [-0.05, 0) is 49.9 Å². The van der Waals surface area contributed by atoms with Crippen LogP contribution in [0.5, 0.6) is 0 Å². The fourth-order valence-electron chi connectivity index (χ4n) is 3.89. The molecule has 0 saturated heterocycles. The Balaban J connectivity index is 1.83. The zero-order chi connectivity index (χ0) is 24.6. The van der Waals surface area contributed by atoms with Gasteiger partial charge in [-0.3, -0.25) is 14.0 Å². The van der Waals surface area contributed by atoms with Crippen molar-refractivity contribution in [1.82, 2.24) is 24.5 Å². The molecule has 34 heavy (non-hydrogen) atoms. The molecule has 0 saturated carbocycles. The Kier molecular flexibility index (Phi) is 6.19. The molecule has 2 aromatic carbocycles. The number of carbonyl (C=O) groups is 1. The Labute approximate surface area is 201 Å². The molecule has 0 aliphatic heterocycles. The van der Waals surface area contributed by atoms with Crippen molar-refractivity contribution in [2.24, 2.45) is 5.92 Å². The molecule has 8 nitrogen and oxygen atoms in total. The first-order chi connectivity index (χ1) is 16.2. The summed E-state index contributed by atoms with van der Waals surface area (Å²) < 4.78 is 3.40. The fourth-order valence-corrected chi connectivity index (χ4v) is 4.63. The van der Waals surface area contributed by atoms with E-state index in [0.717, 1.165) is 16.8 Å². The molecule has 174 valence electrons. The van der Waals surface area contributed by atoms with Crippen LogP contribution >= 0.6 is 11.8 Å². The zero-order valence-corrected chi connectivity index (χ0v) is 20.6. The number of nitriles is 1. The van der Waals surface area contributed by atoms with Crippen LogP contribution in [-0.4, -0.2) is 36.4 Å². The third kappa shape index (κ3) is 3.94. The van der Waals surface area contributed by atoms with Crippen LogP contribution in [0.3, 0.4) is 0 Å². The predicted molar refractivity (Wildman–Crippen MR) is 133 cm³/mol. The highest BCUT2D eigenvalue weighted by Gasteiger charge is 2.30. The van der Waals surface area contributed by atoms with Crippen molar-refractivity contribution in [1.29, 1.82) is 5.26 Å². The van der Waals surface area contributed by atoms with Crippen molar-refractivity contribution >= 4 is 34.3 Å². The first-order valence-electron chi connectivity index (χ1n) is 11.0. The highest BCUT2D eigenvalue weighted by atomic mass is 32.2. The predicted octanol–water partition coefficient (Wildman–Crippen LogP) is 3.80. The monoisotopic (exact) mass is 474 g/mol. The fraction of sp³-hybridized carbons (Fsp3) is 0.320. The number of fused-ring (bicyclic) bond motifs is 3. The number of aryl methyl sites for hydroxylation is 2. The number of thioether (sulfide) groups is 1.